The fourth-order valence-corrected chi connectivity index (χ4v) is 22.0. The Labute approximate surface area is 749 Å². The molecule has 0 saturated heterocycles. The van der Waals surface area contributed by atoms with Crippen molar-refractivity contribution < 1.29 is 4.42 Å². The largest absolute Gasteiger partial charge is 0.456 e. The summed E-state index contributed by atoms with van der Waals surface area (Å²) in [5.41, 5.74) is 26.9. The van der Waals surface area contributed by atoms with Crippen LogP contribution in [0.3, 0.4) is 0 Å². The Kier molecular flexibility index (Phi) is 19.4. The molecule has 4 aromatic heterocycles. The third kappa shape index (κ3) is 14.0. The van der Waals surface area contributed by atoms with Gasteiger partial charge in [0, 0.05) is 179 Å². The van der Waals surface area contributed by atoms with Gasteiger partial charge in [-0.1, -0.05) is 208 Å². The van der Waals surface area contributed by atoms with Crippen molar-refractivity contribution in [3.8, 4) is 11.1 Å². The van der Waals surface area contributed by atoms with E-state index in [0.29, 0.717) is 0 Å². The molecule has 0 N–H and O–H groups in total. The number of anilines is 18. The average molecular weight is 1680 g/mol. The van der Waals surface area contributed by atoms with Crippen molar-refractivity contribution in [1.29, 1.82) is 0 Å². The zero-order chi connectivity index (χ0) is 84.5. The summed E-state index contributed by atoms with van der Waals surface area (Å²) in [4.78, 5) is 14.2. The molecule has 1 aliphatic carbocycles. The second-order valence-electron chi connectivity index (χ2n) is 32.8. The highest BCUT2D eigenvalue weighted by atomic mass is 32.1. The molecule has 0 bridgehead atoms. The van der Waals surface area contributed by atoms with E-state index in [4.69, 9.17) is 4.42 Å². The Morgan fingerprint density at radius 2 is 0.354 bits per heavy atom. The Morgan fingerprint density at radius 3 is 0.614 bits per heavy atom. The van der Waals surface area contributed by atoms with E-state index in [1.807, 2.05) is 34.0 Å². The molecule has 1 aliphatic rings. The monoisotopic (exact) mass is 1680 g/mol. The lowest BCUT2D eigenvalue weighted by Gasteiger charge is -2.28. The summed E-state index contributed by atoms with van der Waals surface area (Å²) in [5, 5.41) is 9.59. The number of furan rings is 1. The first-order valence-electron chi connectivity index (χ1n) is 43.1. The molecule has 0 aliphatic heterocycles. The molecule has 24 rings (SSSR count). The van der Waals surface area contributed by atoms with Gasteiger partial charge in [0.2, 0.25) is 0 Å². The predicted octanol–water partition coefficient (Wildman–Crippen LogP) is 35.5. The molecule has 19 aromatic carbocycles. The minimum atomic E-state index is -0.145. The number of benzene rings is 19. The number of para-hydroxylation sites is 9. The minimum absolute atomic E-state index is 0.145. The van der Waals surface area contributed by atoms with Gasteiger partial charge in [-0.25, -0.2) is 0 Å². The minimum Gasteiger partial charge on any atom is -0.456 e. The van der Waals surface area contributed by atoms with Gasteiger partial charge in [0.1, 0.15) is 11.2 Å². The Bertz CT molecular complexity index is 7450. The second kappa shape index (κ2) is 32.3. The lowest BCUT2D eigenvalue weighted by Crippen LogP contribution is -2.16. The summed E-state index contributed by atoms with van der Waals surface area (Å²) in [6.07, 6.45) is 0. The second-order valence-corrected chi connectivity index (χ2v) is 36.0. The molecule has 0 fully saturated rings. The summed E-state index contributed by atoms with van der Waals surface area (Å²) >= 11 is 5.56. The van der Waals surface area contributed by atoms with Gasteiger partial charge in [-0.2, -0.15) is 0 Å². The smallest absolute Gasteiger partial charge is 0.135 e. The third-order valence-electron chi connectivity index (χ3n) is 24.8. The van der Waals surface area contributed by atoms with E-state index in [0.717, 1.165) is 124 Å². The molecule has 0 radical (unpaired) electrons. The fraction of sp³-hybridized carbons (Fsp3) is 0.0256. The molecule has 7 nitrogen and oxygen atoms in total. The van der Waals surface area contributed by atoms with E-state index in [1.165, 1.54) is 82.8 Å². The highest BCUT2D eigenvalue weighted by molar-refractivity contribution is 7.26. The number of hydrogen-bond acceptors (Lipinski definition) is 10. The standard InChI is InChI=1S/C63H45N3S2.C54H37N3OS/c1-63(2)57-26-16-15-25-51(57)52-32-27-50(41-58(52)63)66(48-30-35-61-55(39-48)53-37-46(28-33-59(53)67-61)64(42-17-7-3-8-18-42)43-19-9-4-10-20-43)49-31-36-62-56(40-49)54-38-47(29-34-60(54)68-62)65(44-21-11-5-12-22-44)45-23-13-6-14-24-45;1-6-16-38(17-7-1)55(39-18-8-2-9-19-39)43-26-30-51-47(34-43)48-35-44(27-31-52(48)58-51)57(42-24-14-5-15-25-42)46-29-33-54-50(37-46)49-36-45(28-32-53(49)59-54)56(40-20-10-3-11-21-40)41-22-12-4-13-23-41/h3-41H,1-2H3;1-37H. The van der Waals surface area contributed by atoms with Crippen LogP contribution in [0.2, 0.25) is 0 Å². The van der Waals surface area contributed by atoms with E-state index in [-0.39, 0.29) is 5.41 Å². The maximum atomic E-state index is 6.49. The number of nitrogens with zero attached hydrogens (tertiary/aromatic N) is 6. The van der Waals surface area contributed by atoms with Gasteiger partial charge in [-0.15, -0.1) is 34.0 Å². The van der Waals surface area contributed by atoms with Crippen LogP contribution in [0.5, 0.6) is 0 Å². The van der Waals surface area contributed by atoms with Crippen LogP contribution in [0.1, 0.15) is 25.0 Å². The van der Waals surface area contributed by atoms with Crippen LogP contribution in [-0.4, -0.2) is 0 Å². The average Bonchev–Trinajstić information content (AvgIpc) is 1.57. The first-order valence-corrected chi connectivity index (χ1v) is 45.5. The summed E-state index contributed by atoms with van der Waals surface area (Å²) in [6, 6.07) is 166. The molecule has 127 heavy (non-hydrogen) atoms. The van der Waals surface area contributed by atoms with Crippen molar-refractivity contribution in [2.24, 2.45) is 0 Å². The zero-order valence-corrected chi connectivity index (χ0v) is 72.1. The molecular weight excluding hydrogens is 1600 g/mol. The van der Waals surface area contributed by atoms with Gasteiger partial charge in [0.05, 0.1) is 0 Å². The molecule has 0 atom stereocenters. The molecule has 0 amide bonds. The van der Waals surface area contributed by atoms with Gasteiger partial charge in [0.25, 0.3) is 0 Å². The van der Waals surface area contributed by atoms with Crippen LogP contribution < -0.4 is 29.4 Å². The molecule has 604 valence electrons. The van der Waals surface area contributed by atoms with Crippen molar-refractivity contribution in [3.05, 3.63) is 472 Å². The maximum Gasteiger partial charge on any atom is 0.135 e. The van der Waals surface area contributed by atoms with E-state index >= 15 is 0 Å². The van der Waals surface area contributed by atoms with Gasteiger partial charge < -0.3 is 33.8 Å². The summed E-state index contributed by atoms with van der Waals surface area (Å²) in [7, 11) is 0. The lowest BCUT2D eigenvalue weighted by atomic mass is 9.82. The molecule has 23 aromatic rings. The first-order chi connectivity index (χ1) is 62.7. The topological polar surface area (TPSA) is 32.6 Å². The molecule has 0 spiro atoms. The number of rotatable bonds is 18. The van der Waals surface area contributed by atoms with Gasteiger partial charge >= 0.3 is 0 Å². The fourth-order valence-electron chi connectivity index (χ4n) is 18.8. The zero-order valence-electron chi connectivity index (χ0n) is 69.7. The normalized spacial score (nSPS) is 12.1. The van der Waals surface area contributed by atoms with Gasteiger partial charge in [0.15, 0.2) is 0 Å². The number of fused-ring (bicyclic) bond motifs is 15. The van der Waals surface area contributed by atoms with Crippen LogP contribution >= 0.6 is 34.0 Å². The summed E-state index contributed by atoms with van der Waals surface area (Å²) in [5.74, 6) is 0. The summed E-state index contributed by atoms with van der Waals surface area (Å²) in [6.45, 7) is 4.74. The SMILES string of the molecule is CC1(C)c2ccccc2-c2ccc(N(c3ccc4sc5ccc(N(c6ccccc6)c6ccccc6)cc5c4c3)c3ccc4sc5ccc(N(c6ccccc6)c6ccccc6)cc5c4c3)cc21.c1ccc(N(c2ccccc2)c2ccc3oc4ccc(N(c5ccccc5)c5ccc6sc7ccc(N(c8ccccc8)c8ccccc8)cc7c6c5)cc4c3c2)cc1. The number of thiophene rings is 3. The molecule has 10 heteroatoms. The van der Waals surface area contributed by atoms with E-state index in [9.17, 15) is 0 Å². The first kappa shape index (κ1) is 76.3. The highest BCUT2D eigenvalue weighted by Crippen LogP contribution is 2.54. The number of hydrogen-bond donors (Lipinski definition) is 0. The summed E-state index contributed by atoms with van der Waals surface area (Å²) < 4.78 is 14.1. The lowest BCUT2D eigenvalue weighted by molar-refractivity contribution is 0.660. The van der Waals surface area contributed by atoms with E-state index < -0.39 is 0 Å². The van der Waals surface area contributed by atoms with Crippen molar-refractivity contribution in [1.82, 2.24) is 0 Å². The predicted molar refractivity (Wildman–Crippen MR) is 544 cm³/mol. The van der Waals surface area contributed by atoms with Crippen molar-refractivity contribution in [2.75, 3.05) is 29.4 Å². The molecule has 0 saturated carbocycles. The van der Waals surface area contributed by atoms with Crippen LogP contribution in [0, 0.1) is 0 Å². The molecule has 0 unspecified atom stereocenters. The third-order valence-corrected chi connectivity index (χ3v) is 28.2. The highest BCUT2D eigenvalue weighted by Gasteiger charge is 2.36. The Balaban J connectivity index is 0.000000147. The molecular formula is C117H82N6OS3. The van der Waals surface area contributed by atoms with Gasteiger partial charge in [-0.3, -0.25) is 0 Å². The molecule has 4 heterocycles. The van der Waals surface area contributed by atoms with Crippen LogP contribution in [0.25, 0.3) is 93.6 Å². The van der Waals surface area contributed by atoms with Crippen molar-refractivity contribution in [2.45, 2.75) is 19.3 Å². The maximum absolute atomic E-state index is 6.49. The van der Waals surface area contributed by atoms with Crippen molar-refractivity contribution in [3.63, 3.8) is 0 Å². The van der Waals surface area contributed by atoms with Gasteiger partial charge in [-0.05, 0) is 289 Å². The van der Waals surface area contributed by atoms with Crippen LogP contribution in [0.15, 0.2) is 465 Å². The van der Waals surface area contributed by atoms with Crippen LogP contribution in [0.4, 0.5) is 102 Å². The Hall–Kier alpha value is -15.6. The van der Waals surface area contributed by atoms with Crippen molar-refractivity contribution >= 4 is 219 Å². The Morgan fingerprint density at radius 1 is 0.165 bits per heavy atom. The quantitative estimate of drug-likeness (QED) is 0.0846. The van der Waals surface area contributed by atoms with E-state index in [1.54, 1.807) is 0 Å². The van der Waals surface area contributed by atoms with Crippen LogP contribution in [-0.2, 0) is 5.41 Å². The van der Waals surface area contributed by atoms with E-state index in [2.05, 4.69) is 504 Å².